The summed E-state index contributed by atoms with van der Waals surface area (Å²) in [4.78, 5) is 14.5. The first-order valence-electron chi connectivity index (χ1n) is 7.67. The first-order valence-corrected chi connectivity index (χ1v) is 10.3. The van der Waals surface area contributed by atoms with E-state index in [1.807, 2.05) is 55.5 Å². The molecular weight excluding hydrogens is 381 g/mol. The van der Waals surface area contributed by atoms with E-state index < -0.39 is 0 Å². The highest BCUT2D eigenvalue weighted by Gasteiger charge is 2.17. The molecule has 6 heteroatoms. The van der Waals surface area contributed by atoms with Gasteiger partial charge in [0.15, 0.2) is 0 Å². The molecule has 2 rings (SSSR count). The van der Waals surface area contributed by atoms with Gasteiger partial charge in [-0.05, 0) is 55.0 Å². The SMILES string of the molecule is CCC(Sc1ccc(Cl)cc1)C(=O)NCCSc1ccc(Cl)cc1. The molecule has 1 N–H and O–H groups in total. The summed E-state index contributed by atoms with van der Waals surface area (Å²) in [6, 6.07) is 15.3. The Hall–Kier alpha value is -0.810. The molecule has 0 aliphatic carbocycles. The van der Waals surface area contributed by atoms with E-state index in [0.717, 1.165) is 27.0 Å². The third-order valence-corrected chi connectivity index (χ3v) is 6.13. The van der Waals surface area contributed by atoms with Gasteiger partial charge in [-0.15, -0.1) is 23.5 Å². The van der Waals surface area contributed by atoms with Crippen LogP contribution in [0.3, 0.4) is 0 Å². The average molecular weight is 400 g/mol. The molecule has 0 heterocycles. The minimum atomic E-state index is -0.0910. The van der Waals surface area contributed by atoms with Crippen molar-refractivity contribution in [3.8, 4) is 0 Å². The van der Waals surface area contributed by atoms with Crippen LogP contribution in [0.25, 0.3) is 0 Å². The van der Waals surface area contributed by atoms with E-state index in [9.17, 15) is 4.79 Å². The molecule has 0 radical (unpaired) electrons. The van der Waals surface area contributed by atoms with Gasteiger partial charge < -0.3 is 5.32 Å². The molecule has 2 aromatic rings. The Balaban J connectivity index is 1.75. The Kier molecular flexibility index (Phi) is 8.33. The van der Waals surface area contributed by atoms with Crippen LogP contribution in [0.5, 0.6) is 0 Å². The van der Waals surface area contributed by atoms with Gasteiger partial charge in [0.2, 0.25) is 5.91 Å². The lowest BCUT2D eigenvalue weighted by Crippen LogP contribution is -2.33. The van der Waals surface area contributed by atoms with E-state index in [2.05, 4.69) is 5.32 Å². The Labute approximate surface area is 161 Å². The highest BCUT2D eigenvalue weighted by atomic mass is 35.5. The number of hydrogen-bond acceptors (Lipinski definition) is 3. The molecule has 0 fully saturated rings. The summed E-state index contributed by atoms with van der Waals surface area (Å²) < 4.78 is 0. The number of hydrogen-bond donors (Lipinski definition) is 1. The summed E-state index contributed by atoms with van der Waals surface area (Å²) in [7, 11) is 0. The van der Waals surface area contributed by atoms with Crippen molar-refractivity contribution >= 4 is 52.6 Å². The Morgan fingerprint density at radius 2 is 1.54 bits per heavy atom. The fourth-order valence-corrected chi connectivity index (χ4v) is 3.99. The molecule has 0 aliphatic heterocycles. The zero-order valence-electron chi connectivity index (χ0n) is 13.3. The van der Waals surface area contributed by atoms with Crippen molar-refractivity contribution in [3.05, 3.63) is 58.6 Å². The van der Waals surface area contributed by atoms with Crippen LogP contribution in [0.15, 0.2) is 58.3 Å². The Bertz CT molecular complexity index is 647. The van der Waals surface area contributed by atoms with Crippen LogP contribution < -0.4 is 5.32 Å². The van der Waals surface area contributed by atoms with Crippen LogP contribution in [0.4, 0.5) is 0 Å². The molecule has 0 bridgehead atoms. The van der Waals surface area contributed by atoms with E-state index >= 15 is 0 Å². The topological polar surface area (TPSA) is 29.1 Å². The Morgan fingerprint density at radius 1 is 1.00 bits per heavy atom. The summed E-state index contributed by atoms with van der Waals surface area (Å²) in [6.07, 6.45) is 0.781. The molecule has 2 aromatic carbocycles. The molecule has 1 amide bonds. The second-order valence-corrected chi connectivity index (χ2v) is 8.38. The fourth-order valence-electron chi connectivity index (χ4n) is 1.99. The van der Waals surface area contributed by atoms with E-state index in [1.54, 1.807) is 23.5 Å². The van der Waals surface area contributed by atoms with E-state index in [0.29, 0.717) is 11.6 Å². The predicted molar refractivity (Wildman–Crippen MR) is 107 cm³/mol. The lowest BCUT2D eigenvalue weighted by atomic mass is 10.3. The van der Waals surface area contributed by atoms with Crippen LogP contribution >= 0.6 is 46.7 Å². The monoisotopic (exact) mass is 399 g/mol. The minimum absolute atomic E-state index is 0.0779. The lowest BCUT2D eigenvalue weighted by Gasteiger charge is -2.14. The van der Waals surface area contributed by atoms with E-state index in [1.165, 1.54) is 0 Å². The molecule has 1 atom stereocenters. The van der Waals surface area contributed by atoms with Crippen LogP contribution in [-0.4, -0.2) is 23.5 Å². The van der Waals surface area contributed by atoms with Gasteiger partial charge in [0, 0.05) is 32.1 Å². The third kappa shape index (κ3) is 6.60. The molecule has 2 nitrogen and oxygen atoms in total. The van der Waals surface area contributed by atoms with Gasteiger partial charge in [0.05, 0.1) is 5.25 Å². The van der Waals surface area contributed by atoms with Crippen molar-refractivity contribution in [2.75, 3.05) is 12.3 Å². The lowest BCUT2D eigenvalue weighted by molar-refractivity contribution is -0.120. The summed E-state index contributed by atoms with van der Waals surface area (Å²) in [5.74, 6) is 0.907. The summed E-state index contributed by atoms with van der Waals surface area (Å²) in [5, 5.41) is 4.36. The molecule has 0 saturated carbocycles. The number of benzene rings is 2. The van der Waals surface area contributed by atoms with Crippen molar-refractivity contribution in [2.45, 2.75) is 28.4 Å². The molecule has 128 valence electrons. The quantitative estimate of drug-likeness (QED) is 0.450. The number of amides is 1. The summed E-state index contributed by atoms with van der Waals surface area (Å²) >= 11 is 15.0. The first-order chi connectivity index (χ1) is 11.6. The second kappa shape index (κ2) is 10.2. The maximum Gasteiger partial charge on any atom is 0.233 e. The van der Waals surface area contributed by atoms with Crippen molar-refractivity contribution < 1.29 is 4.79 Å². The molecular formula is C18H19Cl2NOS2. The van der Waals surface area contributed by atoms with Crippen LogP contribution in [0, 0.1) is 0 Å². The molecule has 0 spiro atoms. The molecule has 0 aliphatic rings. The third-order valence-electron chi connectivity index (χ3n) is 3.24. The highest BCUT2D eigenvalue weighted by Crippen LogP contribution is 2.27. The first kappa shape index (κ1) is 19.5. The van der Waals surface area contributed by atoms with Crippen molar-refractivity contribution in [1.82, 2.24) is 5.32 Å². The maximum absolute atomic E-state index is 12.3. The molecule has 0 aromatic heterocycles. The maximum atomic E-state index is 12.3. The zero-order valence-corrected chi connectivity index (χ0v) is 16.4. The summed E-state index contributed by atoms with van der Waals surface area (Å²) in [6.45, 7) is 2.67. The van der Waals surface area contributed by atoms with Crippen LogP contribution in [0.1, 0.15) is 13.3 Å². The van der Waals surface area contributed by atoms with E-state index in [-0.39, 0.29) is 11.2 Å². The van der Waals surface area contributed by atoms with Gasteiger partial charge in [0.25, 0.3) is 0 Å². The van der Waals surface area contributed by atoms with Gasteiger partial charge in [-0.2, -0.15) is 0 Å². The van der Waals surface area contributed by atoms with Gasteiger partial charge in [-0.1, -0.05) is 30.1 Å². The molecule has 0 saturated heterocycles. The second-order valence-electron chi connectivity index (χ2n) is 5.06. The van der Waals surface area contributed by atoms with Gasteiger partial charge in [0.1, 0.15) is 0 Å². The van der Waals surface area contributed by atoms with Crippen LogP contribution in [-0.2, 0) is 4.79 Å². The normalized spacial score (nSPS) is 12.0. The van der Waals surface area contributed by atoms with Gasteiger partial charge >= 0.3 is 0 Å². The van der Waals surface area contributed by atoms with Crippen LogP contribution in [0.2, 0.25) is 10.0 Å². The standard InChI is InChI=1S/C18H19Cl2NOS2/c1-2-17(24-16-9-5-14(20)6-10-16)18(22)21-11-12-23-15-7-3-13(19)4-8-15/h3-10,17H,2,11-12H2,1H3,(H,21,22). The van der Waals surface area contributed by atoms with E-state index in [4.69, 9.17) is 23.2 Å². The smallest absolute Gasteiger partial charge is 0.233 e. The number of nitrogens with one attached hydrogen (secondary N) is 1. The van der Waals surface area contributed by atoms with Crippen molar-refractivity contribution in [2.24, 2.45) is 0 Å². The average Bonchev–Trinajstić information content (AvgIpc) is 2.59. The number of carbonyl (C=O) groups is 1. The number of rotatable bonds is 8. The molecule has 1 unspecified atom stereocenters. The number of halogens is 2. The van der Waals surface area contributed by atoms with Gasteiger partial charge in [-0.25, -0.2) is 0 Å². The minimum Gasteiger partial charge on any atom is -0.354 e. The number of thioether (sulfide) groups is 2. The highest BCUT2D eigenvalue weighted by molar-refractivity contribution is 8.00. The van der Waals surface area contributed by atoms with Crippen molar-refractivity contribution in [1.29, 1.82) is 0 Å². The predicted octanol–water partition coefficient (Wildman–Crippen LogP) is 5.77. The van der Waals surface area contributed by atoms with Crippen molar-refractivity contribution in [3.63, 3.8) is 0 Å². The fraction of sp³-hybridized carbons (Fsp3) is 0.278. The largest absolute Gasteiger partial charge is 0.354 e. The summed E-state index contributed by atoms with van der Waals surface area (Å²) in [5.41, 5.74) is 0. The zero-order chi connectivity index (χ0) is 17.4. The van der Waals surface area contributed by atoms with Gasteiger partial charge in [-0.3, -0.25) is 4.79 Å². The Morgan fingerprint density at radius 3 is 2.08 bits per heavy atom. The number of carbonyl (C=O) groups excluding carboxylic acids is 1. The molecule has 24 heavy (non-hydrogen) atoms.